The summed E-state index contributed by atoms with van der Waals surface area (Å²) >= 11 is 0. The second-order valence-corrected chi connectivity index (χ2v) is 4.54. The third kappa shape index (κ3) is 4.76. The molecule has 19 heavy (non-hydrogen) atoms. The quantitative estimate of drug-likeness (QED) is 0.208. The predicted molar refractivity (Wildman–Crippen MR) is 72.5 cm³/mol. The number of amidine groups is 1. The van der Waals surface area contributed by atoms with Crippen LogP contribution in [0.15, 0.2) is 5.16 Å². The summed E-state index contributed by atoms with van der Waals surface area (Å²) < 4.78 is 0. The van der Waals surface area contributed by atoms with E-state index in [4.69, 9.17) is 16.7 Å². The van der Waals surface area contributed by atoms with Gasteiger partial charge in [0.05, 0.1) is 0 Å². The fourth-order valence-electron chi connectivity index (χ4n) is 2.14. The van der Waals surface area contributed by atoms with Crippen LogP contribution in [-0.4, -0.2) is 29.4 Å². The molecule has 0 saturated carbocycles. The van der Waals surface area contributed by atoms with Gasteiger partial charge in [-0.2, -0.15) is 0 Å². The predicted octanol–water partition coefficient (Wildman–Crippen LogP) is 0.311. The first-order valence-corrected chi connectivity index (χ1v) is 6.49. The van der Waals surface area contributed by atoms with Gasteiger partial charge in [0.15, 0.2) is 5.84 Å². The van der Waals surface area contributed by atoms with Gasteiger partial charge in [0.25, 0.3) is 0 Å². The van der Waals surface area contributed by atoms with Crippen LogP contribution in [0.1, 0.15) is 46.0 Å². The number of nitrogens with one attached hydrogen (secondary N) is 1. The number of hydrogen-bond acceptors (Lipinski definition) is 4. The second kappa shape index (κ2) is 8.34. The van der Waals surface area contributed by atoms with Gasteiger partial charge in [-0.15, -0.1) is 0 Å². The van der Waals surface area contributed by atoms with Gasteiger partial charge in [-0.05, 0) is 12.8 Å². The summed E-state index contributed by atoms with van der Waals surface area (Å²) in [6, 6.07) is 0. The van der Waals surface area contributed by atoms with Gasteiger partial charge in [0.2, 0.25) is 11.8 Å². The molecule has 0 bridgehead atoms. The maximum atomic E-state index is 12.3. The zero-order chi connectivity index (χ0) is 14.9. The Morgan fingerprint density at radius 1 is 1.21 bits per heavy atom. The minimum absolute atomic E-state index is 0.0657. The summed E-state index contributed by atoms with van der Waals surface area (Å²) in [6.07, 6.45) is 2.48. The molecule has 0 aromatic heterocycles. The molecule has 0 atom stereocenters. The Balaban J connectivity index is 4.98. The summed E-state index contributed by atoms with van der Waals surface area (Å²) in [5.74, 6) is -0.902. The van der Waals surface area contributed by atoms with Crippen LogP contribution >= 0.6 is 0 Å². The number of hydrogen-bond donors (Lipinski definition) is 4. The fraction of sp³-hybridized carbons (Fsp3) is 0.750. The van der Waals surface area contributed by atoms with Crippen LogP contribution in [0.3, 0.4) is 0 Å². The van der Waals surface area contributed by atoms with Crippen molar-refractivity contribution in [3.63, 3.8) is 0 Å². The monoisotopic (exact) mass is 272 g/mol. The molecule has 110 valence electrons. The molecule has 0 fully saturated rings. The second-order valence-electron chi connectivity index (χ2n) is 4.54. The Morgan fingerprint density at radius 3 is 2.11 bits per heavy atom. The number of carbonyl (C=O) groups excluding carboxylic acids is 2. The number of carbonyl (C=O) groups is 2. The lowest BCUT2D eigenvalue weighted by atomic mass is 9.77. The number of rotatable bonds is 9. The van der Waals surface area contributed by atoms with E-state index in [0.717, 1.165) is 12.8 Å². The summed E-state index contributed by atoms with van der Waals surface area (Å²) in [5.41, 5.74) is 9.70. The van der Waals surface area contributed by atoms with Crippen molar-refractivity contribution >= 4 is 17.6 Å². The number of nitrogens with zero attached hydrogens (tertiary/aromatic N) is 1. The normalized spacial score (nSPS) is 12.2. The smallest absolute Gasteiger partial charge is 0.233 e. The Morgan fingerprint density at radius 2 is 1.74 bits per heavy atom. The summed E-state index contributed by atoms with van der Waals surface area (Å²) in [7, 11) is 0. The largest absolute Gasteiger partial charge is 0.409 e. The van der Waals surface area contributed by atoms with Crippen molar-refractivity contribution in [3.05, 3.63) is 0 Å². The molecule has 0 aliphatic rings. The summed E-state index contributed by atoms with van der Waals surface area (Å²) in [6.45, 7) is 4.00. The summed E-state index contributed by atoms with van der Waals surface area (Å²) in [4.78, 5) is 22.9. The minimum atomic E-state index is -1.02. The topological polar surface area (TPSA) is 131 Å². The maximum Gasteiger partial charge on any atom is 0.233 e. The van der Waals surface area contributed by atoms with Crippen LogP contribution < -0.4 is 16.8 Å². The molecular weight excluding hydrogens is 248 g/mol. The van der Waals surface area contributed by atoms with Crippen molar-refractivity contribution in [2.75, 3.05) is 6.54 Å². The van der Waals surface area contributed by atoms with Crippen molar-refractivity contribution in [3.8, 4) is 0 Å². The number of nitrogens with two attached hydrogens (primary N) is 2. The molecule has 0 aliphatic carbocycles. The Labute approximate surface area is 113 Å². The Bertz CT molecular complexity index is 336. The molecule has 0 radical (unpaired) electrons. The lowest BCUT2D eigenvalue weighted by Crippen LogP contribution is -2.50. The molecule has 0 aliphatic heterocycles. The van der Waals surface area contributed by atoms with Gasteiger partial charge in [-0.1, -0.05) is 31.8 Å². The van der Waals surface area contributed by atoms with Gasteiger partial charge < -0.3 is 22.0 Å². The molecule has 0 aromatic carbocycles. The molecule has 0 unspecified atom stereocenters. The van der Waals surface area contributed by atoms with Crippen LogP contribution in [0.25, 0.3) is 0 Å². The molecule has 0 rings (SSSR count). The van der Waals surface area contributed by atoms with Crippen LogP contribution in [0, 0.1) is 5.41 Å². The standard InChI is InChI=1S/C12H24N4O3/c1-3-6-12(7-4-2,10(14)16-19)11(18)15-8-5-9(13)17/h19H,3-8H2,1-2H3,(H2,13,17)(H2,14,16)(H,15,18). The van der Waals surface area contributed by atoms with E-state index < -0.39 is 11.3 Å². The molecule has 0 aromatic rings. The highest BCUT2D eigenvalue weighted by atomic mass is 16.4. The Hall–Kier alpha value is -1.79. The van der Waals surface area contributed by atoms with E-state index in [1.54, 1.807) is 0 Å². The van der Waals surface area contributed by atoms with E-state index in [1.165, 1.54) is 0 Å². The van der Waals surface area contributed by atoms with Crippen molar-refractivity contribution in [1.29, 1.82) is 0 Å². The third-order valence-corrected chi connectivity index (χ3v) is 3.04. The highest BCUT2D eigenvalue weighted by molar-refractivity contribution is 6.06. The van der Waals surface area contributed by atoms with E-state index >= 15 is 0 Å². The third-order valence-electron chi connectivity index (χ3n) is 3.04. The van der Waals surface area contributed by atoms with E-state index in [9.17, 15) is 9.59 Å². The highest BCUT2D eigenvalue weighted by Gasteiger charge is 2.41. The van der Waals surface area contributed by atoms with Crippen molar-refractivity contribution in [2.45, 2.75) is 46.0 Å². The minimum Gasteiger partial charge on any atom is -0.409 e. The van der Waals surface area contributed by atoms with Gasteiger partial charge in [-0.25, -0.2) is 0 Å². The highest BCUT2D eigenvalue weighted by Crippen LogP contribution is 2.30. The van der Waals surface area contributed by atoms with Crippen molar-refractivity contribution in [2.24, 2.45) is 22.0 Å². The first-order chi connectivity index (χ1) is 8.94. The fourth-order valence-corrected chi connectivity index (χ4v) is 2.14. The van der Waals surface area contributed by atoms with Crippen LogP contribution in [0.2, 0.25) is 0 Å². The van der Waals surface area contributed by atoms with E-state index in [2.05, 4.69) is 10.5 Å². The molecule has 2 amide bonds. The number of amides is 2. The van der Waals surface area contributed by atoms with E-state index in [0.29, 0.717) is 12.8 Å². The van der Waals surface area contributed by atoms with Crippen LogP contribution in [-0.2, 0) is 9.59 Å². The average molecular weight is 272 g/mol. The molecular formula is C12H24N4O3. The summed E-state index contributed by atoms with van der Waals surface area (Å²) in [5, 5.41) is 14.5. The van der Waals surface area contributed by atoms with Gasteiger partial charge in [0.1, 0.15) is 5.41 Å². The molecule has 0 heterocycles. The molecule has 0 saturated heterocycles. The number of oxime groups is 1. The van der Waals surface area contributed by atoms with Gasteiger partial charge in [0, 0.05) is 13.0 Å². The molecule has 7 heteroatoms. The first-order valence-electron chi connectivity index (χ1n) is 6.49. The molecule has 0 spiro atoms. The van der Waals surface area contributed by atoms with Gasteiger partial charge in [-0.3, -0.25) is 9.59 Å². The Kier molecular flexibility index (Phi) is 7.55. The molecule has 6 N–H and O–H groups in total. The lowest BCUT2D eigenvalue weighted by molar-refractivity contribution is -0.128. The van der Waals surface area contributed by atoms with Crippen molar-refractivity contribution in [1.82, 2.24) is 5.32 Å². The maximum absolute atomic E-state index is 12.3. The SMILES string of the molecule is CCCC(CCC)(C(=O)NCCC(N)=O)C(N)=NO. The molecule has 7 nitrogen and oxygen atoms in total. The lowest BCUT2D eigenvalue weighted by Gasteiger charge is -2.30. The number of primary amides is 1. The van der Waals surface area contributed by atoms with Crippen molar-refractivity contribution < 1.29 is 14.8 Å². The van der Waals surface area contributed by atoms with E-state index in [1.807, 2.05) is 13.8 Å². The zero-order valence-corrected chi connectivity index (χ0v) is 11.6. The first kappa shape index (κ1) is 17.2. The van der Waals surface area contributed by atoms with E-state index in [-0.39, 0.29) is 24.7 Å². The van der Waals surface area contributed by atoms with Gasteiger partial charge >= 0.3 is 0 Å². The average Bonchev–Trinajstić information content (AvgIpc) is 2.36. The zero-order valence-electron chi connectivity index (χ0n) is 11.6. The van der Waals surface area contributed by atoms with Crippen LogP contribution in [0.4, 0.5) is 0 Å². The van der Waals surface area contributed by atoms with Crippen LogP contribution in [0.5, 0.6) is 0 Å².